The second-order valence-electron chi connectivity index (χ2n) is 8.49. The first-order valence-electron chi connectivity index (χ1n) is 11.0. The van der Waals surface area contributed by atoms with Crippen molar-refractivity contribution in [1.82, 2.24) is 5.32 Å². The van der Waals surface area contributed by atoms with Crippen molar-refractivity contribution in [2.45, 2.75) is 52.2 Å². The van der Waals surface area contributed by atoms with Crippen molar-refractivity contribution >= 4 is 5.91 Å². The first-order valence-corrected chi connectivity index (χ1v) is 11.0. The quantitative estimate of drug-likeness (QED) is 0.678. The summed E-state index contributed by atoms with van der Waals surface area (Å²) in [6.07, 6.45) is 1.63. The predicted molar refractivity (Wildman–Crippen MR) is 119 cm³/mol. The first-order chi connectivity index (χ1) is 14.9. The van der Waals surface area contributed by atoms with Crippen molar-refractivity contribution < 1.29 is 23.6 Å². The highest BCUT2D eigenvalue weighted by Crippen LogP contribution is 2.35. The third kappa shape index (κ3) is 5.01. The Kier molecular flexibility index (Phi) is 7.55. The number of hydrogen-bond donors (Lipinski definition) is 2. The van der Waals surface area contributed by atoms with Crippen LogP contribution in [0.4, 0.5) is 4.39 Å². The number of halogens is 1. The molecule has 0 spiro atoms. The lowest BCUT2D eigenvalue weighted by Crippen LogP contribution is -3.13. The number of methoxy groups -OCH3 is 2. The molecule has 168 valence electrons. The fourth-order valence-electron chi connectivity index (χ4n) is 4.47. The number of carbonyl (C=O) groups excluding carboxylic acids is 1. The van der Waals surface area contributed by atoms with Gasteiger partial charge in [0.2, 0.25) is 5.91 Å². The molecule has 0 aliphatic carbocycles. The molecule has 3 atom stereocenters. The average molecular weight is 430 g/mol. The summed E-state index contributed by atoms with van der Waals surface area (Å²) in [5.74, 6) is 1.12. The number of carbonyl (C=O) groups is 1. The van der Waals surface area contributed by atoms with Gasteiger partial charge in [-0.2, -0.15) is 0 Å². The molecular weight excluding hydrogens is 395 g/mol. The minimum Gasteiger partial charge on any atom is -0.493 e. The summed E-state index contributed by atoms with van der Waals surface area (Å²) in [6, 6.07) is 10.9. The third-order valence-corrected chi connectivity index (χ3v) is 6.21. The van der Waals surface area contributed by atoms with Gasteiger partial charge in [0.15, 0.2) is 11.5 Å². The second kappa shape index (κ2) is 10.1. The molecule has 5 nitrogen and oxygen atoms in total. The molecule has 1 aliphatic heterocycles. The van der Waals surface area contributed by atoms with Gasteiger partial charge in [-0.25, -0.2) is 4.39 Å². The lowest BCUT2D eigenvalue weighted by atomic mass is 9.86. The number of quaternary nitrogens is 1. The van der Waals surface area contributed by atoms with Crippen LogP contribution in [0.3, 0.4) is 0 Å². The molecule has 1 amide bonds. The van der Waals surface area contributed by atoms with Crippen molar-refractivity contribution in [3.8, 4) is 11.5 Å². The Balaban J connectivity index is 2.05. The van der Waals surface area contributed by atoms with E-state index in [-0.39, 0.29) is 29.7 Å². The second-order valence-corrected chi connectivity index (χ2v) is 8.49. The zero-order chi connectivity index (χ0) is 22.5. The molecule has 31 heavy (non-hydrogen) atoms. The minimum absolute atomic E-state index is 0.0177. The number of nitrogens with one attached hydrogen (secondary N) is 2. The fourth-order valence-corrected chi connectivity index (χ4v) is 4.47. The van der Waals surface area contributed by atoms with Crippen LogP contribution in [0.25, 0.3) is 0 Å². The number of ether oxygens (including phenoxy) is 2. The highest BCUT2D eigenvalue weighted by molar-refractivity contribution is 5.78. The molecule has 0 saturated heterocycles. The minimum atomic E-state index is -0.189. The molecule has 6 heteroatoms. The van der Waals surface area contributed by atoms with Crippen molar-refractivity contribution in [3.05, 3.63) is 58.9 Å². The van der Waals surface area contributed by atoms with Crippen molar-refractivity contribution in [1.29, 1.82) is 0 Å². The monoisotopic (exact) mass is 429 g/mol. The Labute approximate surface area is 184 Å². The van der Waals surface area contributed by atoms with Crippen LogP contribution in [0.5, 0.6) is 11.5 Å². The van der Waals surface area contributed by atoms with Crippen LogP contribution in [0, 0.1) is 11.7 Å². The van der Waals surface area contributed by atoms with Crippen LogP contribution in [0.2, 0.25) is 0 Å². The molecule has 3 rings (SSSR count). The van der Waals surface area contributed by atoms with Crippen LogP contribution in [0.1, 0.15) is 49.9 Å². The summed E-state index contributed by atoms with van der Waals surface area (Å²) < 4.78 is 25.5. The highest BCUT2D eigenvalue weighted by atomic mass is 19.1. The molecule has 0 radical (unpaired) electrons. The molecule has 0 bridgehead atoms. The van der Waals surface area contributed by atoms with Gasteiger partial charge in [-0.15, -0.1) is 0 Å². The summed E-state index contributed by atoms with van der Waals surface area (Å²) in [6.45, 7) is 7.28. The smallest absolute Gasteiger partial charge is 0.222 e. The Bertz CT molecular complexity index is 916. The van der Waals surface area contributed by atoms with Crippen LogP contribution in [-0.2, 0) is 17.8 Å². The van der Waals surface area contributed by atoms with E-state index in [1.54, 1.807) is 20.3 Å². The maximum atomic E-state index is 14.5. The number of fused-ring (bicyclic) bond motifs is 1. The van der Waals surface area contributed by atoms with Crippen LogP contribution < -0.4 is 19.7 Å². The lowest BCUT2D eigenvalue weighted by molar-refractivity contribution is -0.948. The van der Waals surface area contributed by atoms with E-state index in [1.807, 2.05) is 38.1 Å². The van der Waals surface area contributed by atoms with E-state index >= 15 is 0 Å². The van der Waals surface area contributed by atoms with Gasteiger partial charge in [-0.1, -0.05) is 39.0 Å². The summed E-state index contributed by atoms with van der Waals surface area (Å²) >= 11 is 0. The van der Waals surface area contributed by atoms with E-state index in [0.29, 0.717) is 23.6 Å². The molecule has 1 unspecified atom stereocenters. The lowest BCUT2D eigenvalue weighted by Gasteiger charge is -2.39. The van der Waals surface area contributed by atoms with E-state index in [2.05, 4.69) is 12.2 Å². The van der Waals surface area contributed by atoms with Crippen LogP contribution >= 0.6 is 0 Å². The Hall–Kier alpha value is -2.60. The fraction of sp³-hybridized carbons (Fsp3) is 0.480. The summed E-state index contributed by atoms with van der Waals surface area (Å²) in [4.78, 5) is 13.8. The van der Waals surface area contributed by atoms with E-state index < -0.39 is 0 Å². The van der Waals surface area contributed by atoms with Crippen molar-refractivity contribution in [2.75, 3.05) is 20.8 Å². The summed E-state index contributed by atoms with van der Waals surface area (Å²) in [7, 11) is 3.27. The Morgan fingerprint density at radius 2 is 1.87 bits per heavy atom. The average Bonchev–Trinajstić information content (AvgIpc) is 2.77. The number of hydrogen-bond acceptors (Lipinski definition) is 3. The van der Waals surface area contributed by atoms with Gasteiger partial charge in [0.25, 0.3) is 0 Å². The molecule has 2 N–H and O–H groups in total. The maximum Gasteiger partial charge on any atom is 0.222 e. The predicted octanol–water partition coefficient (Wildman–Crippen LogP) is 3.08. The SMILES string of the molecule is CC[C@H](NC(=O)C(C)C)[C@@H]1c2cc(OC)c(OC)cc2CC[NH+]1Cc1ccccc1F. The Morgan fingerprint density at radius 3 is 2.48 bits per heavy atom. The topological polar surface area (TPSA) is 52.0 Å². The van der Waals surface area contributed by atoms with Gasteiger partial charge in [0.1, 0.15) is 18.4 Å². The van der Waals surface area contributed by atoms with E-state index in [0.717, 1.165) is 24.9 Å². The molecule has 0 aromatic heterocycles. The largest absolute Gasteiger partial charge is 0.493 e. The Morgan fingerprint density at radius 1 is 1.19 bits per heavy atom. The zero-order valence-corrected chi connectivity index (χ0v) is 19.1. The molecule has 0 fully saturated rings. The van der Waals surface area contributed by atoms with E-state index in [1.165, 1.54) is 16.5 Å². The van der Waals surface area contributed by atoms with Gasteiger partial charge in [0, 0.05) is 23.5 Å². The zero-order valence-electron chi connectivity index (χ0n) is 19.1. The molecule has 2 aromatic carbocycles. The number of benzene rings is 2. The standard InChI is InChI=1S/C25H33FN2O3/c1-6-21(27-25(29)16(2)3)24-19-14-23(31-5)22(30-4)13-17(19)11-12-28(24)15-18-9-7-8-10-20(18)26/h7-10,13-14,16,21,24H,6,11-12,15H2,1-5H3,(H,27,29)/p+1/t21-,24-/m0/s1. The molecular formula is C25H34FN2O3+. The van der Waals surface area contributed by atoms with Crippen molar-refractivity contribution in [2.24, 2.45) is 5.92 Å². The molecule has 0 saturated carbocycles. The molecule has 2 aromatic rings. The van der Waals surface area contributed by atoms with Gasteiger partial charge in [-0.3, -0.25) is 4.79 Å². The van der Waals surface area contributed by atoms with Crippen LogP contribution in [-0.4, -0.2) is 32.7 Å². The van der Waals surface area contributed by atoms with Gasteiger partial charge >= 0.3 is 0 Å². The molecule has 1 heterocycles. The third-order valence-electron chi connectivity index (χ3n) is 6.21. The number of amides is 1. The normalized spacial score (nSPS) is 18.9. The first kappa shape index (κ1) is 23.1. The molecule has 1 aliphatic rings. The summed E-state index contributed by atoms with van der Waals surface area (Å²) in [5.41, 5.74) is 3.01. The van der Waals surface area contributed by atoms with Gasteiger partial charge in [-0.05, 0) is 30.2 Å². The maximum absolute atomic E-state index is 14.5. The van der Waals surface area contributed by atoms with E-state index in [9.17, 15) is 9.18 Å². The highest BCUT2D eigenvalue weighted by Gasteiger charge is 2.38. The number of rotatable bonds is 8. The van der Waals surface area contributed by atoms with Gasteiger partial charge < -0.3 is 19.7 Å². The van der Waals surface area contributed by atoms with E-state index in [4.69, 9.17) is 9.47 Å². The van der Waals surface area contributed by atoms with Crippen molar-refractivity contribution in [3.63, 3.8) is 0 Å². The van der Waals surface area contributed by atoms with Gasteiger partial charge in [0.05, 0.1) is 26.8 Å². The van der Waals surface area contributed by atoms with Crippen LogP contribution in [0.15, 0.2) is 36.4 Å². The summed E-state index contributed by atoms with van der Waals surface area (Å²) in [5, 5.41) is 3.25.